The van der Waals surface area contributed by atoms with Gasteiger partial charge in [0, 0.05) is 0 Å². The van der Waals surface area contributed by atoms with Gasteiger partial charge < -0.3 is 0 Å². The van der Waals surface area contributed by atoms with Gasteiger partial charge in [0.25, 0.3) is 0 Å². The maximum atomic E-state index is 2.17. The molecule has 0 heterocycles. The number of benzene rings is 2. The zero-order valence-electron chi connectivity index (χ0n) is 16.0. The summed E-state index contributed by atoms with van der Waals surface area (Å²) in [7, 11) is 0. The Morgan fingerprint density at radius 1 is 0.545 bits per heavy atom. The first-order chi connectivity index (χ1) is 10.4. The molecule has 0 saturated carbocycles. The Kier molecular flexibility index (Phi) is 16.3. The molecule has 0 bridgehead atoms. The molecule has 124 valence electrons. The van der Waals surface area contributed by atoms with Gasteiger partial charge in [0.2, 0.25) is 0 Å². The van der Waals surface area contributed by atoms with Gasteiger partial charge in [-0.05, 0) is 38.8 Å². The fourth-order valence-corrected chi connectivity index (χ4v) is 1.47. The highest BCUT2D eigenvalue weighted by molar-refractivity contribution is 5.23. The van der Waals surface area contributed by atoms with Crippen LogP contribution in [0.15, 0.2) is 48.5 Å². The van der Waals surface area contributed by atoms with Crippen molar-refractivity contribution >= 4 is 0 Å². The molecule has 0 fully saturated rings. The molecule has 0 radical (unpaired) electrons. The number of aryl methyl sites for hydroxylation is 4. The number of hydrogen-bond donors (Lipinski definition) is 0. The van der Waals surface area contributed by atoms with Crippen molar-refractivity contribution in [3.8, 4) is 0 Å². The number of rotatable bonds is 0. The van der Waals surface area contributed by atoms with E-state index in [2.05, 4.69) is 104 Å². The van der Waals surface area contributed by atoms with Gasteiger partial charge in [-0.2, -0.15) is 0 Å². The van der Waals surface area contributed by atoms with Crippen molar-refractivity contribution in [3.05, 3.63) is 70.8 Å². The molecule has 0 unspecified atom stereocenters. The van der Waals surface area contributed by atoms with Crippen LogP contribution in [0, 0.1) is 27.7 Å². The molecule has 0 heteroatoms. The normalized spacial score (nSPS) is 8.36. The van der Waals surface area contributed by atoms with Crippen LogP contribution in [0.2, 0.25) is 0 Å². The smallest absolute Gasteiger partial charge is 0.0395 e. The van der Waals surface area contributed by atoms with Gasteiger partial charge in [-0.15, -0.1) is 0 Å². The van der Waals surface area contributed by atoms with E-state index in [1.807, 2.05) is 0 Å². The predicted molar refractivity (Wildman–Crippen MR) is 104 cm³/mol. The van der Waals surface area contributed by atoms with Crippen LogP contribution in [-0.2, 0) is 0 Å². The van der Waals surface area contributed by atoms with Crippen molar-refractivity contribution in [2.75, 3.05) is 0 Å². The van der Waals surface area contributed by atoms with E-state index in [-0.39, 0.29) is 0 Å². The molecular formula is C22H36. The second-order valence-corrected chi connectivity index (χ2v) is 5.66. The summed E-state index contributed by atoms with van der Waals surface area (Å²) in [5.41, 5.74) is 5.41. The molecule has 0 atom stereocenters. The Morgan fingerprint density at radius 2 is 0.864 bits per heavy atom. The first kappa shape index (κ1) is 22.7. The first-order valence-electron chi connectivity index (χ1n) is 8.48. The van der Waals surface area contributed by atoms with Crippen LogP contribution < -0.4 is 0 Å². The molecule has 0 aliphatic carbocycles. The molecule has 0 amide bonds. The summed E-state index contributed by atoms with van der Waals surface area (Å²) >= 11 is 0. The van der Waals surface area contributed by atoms with Gasteiger partial charge in [0.05, 0.1) is 0 Å². The third-order valence-electron chi connectivity index (χ3n) is 2.60. The predicted octanol–water partition coefficient (Wildman–Crippen LogP) is 7.44. The van der Waals surface area contributed by atoms with Crippen LogP contribution in [0.25, 0.3) is 0 Å². The van der Waals surface area contributed by atoms with Crippen LogP contribution in [0.5, 0.6) is 0 Å². The minimum atomic E-state index is 1.25. The highest BCUT2D eigenvalue weighted by Crippen LogP contribution is 2.02. The van der Waals surface area contributed by atoms with Crippen molar-refractivity contribution in [2.24, 2.45) is 0 Å². The molecule has 2 aromatic carbocycles. The van der Waals surface area contributed by atoms with Crippen molar-refractivity contribution in [1.29, 1.82) is 0 Å². The average Bonchev–Trinajstić information content (AvgIpc) is 2.44. The molecule has 0 aliphatic heterocycles. The lowest BCUT2D eigenvalue weighted by atomic mass is 10.1. The topological polar surface area (TPSA) is 0 Å². The molecule has 0 saturated heterocycles. The molecule has 22 heavy (non-hydrogen) atoms. The Bertz CT molecular complexity index is 429. The van der Waals surface area contributed by atoms with E-state index in [0.717, 1.165) is 0 Å². The molecule has 0 nitrogen and oxygen atoms in total. The van der Waals surface area contributed by atoms with Crippen molar-refractivity contribution in [2.45, 2.75) is 68.2 Å². The minimum Gasteiger partial charge on any atom is -0.0656 e. The summed E-state index contributed by atoms with van der Waals surface area (Å²) in [5, 5.41) is 0. The van der Waals surface area contributed by atoms with E-state index in [9.17, 15) is 0 Å². The van der Waals surface area contributed by atoms with Gasteiger partial charge in [-0.1, -0.05) is 100 Å². The largest absolute Gasteiger partial charge is 0.0656 e. The maximum Gasteiger partial charge on any atom is -0.0395 e. The molecular weight excluding hydrogens is 264 g/mol. The minimum absolute atomic E-state index is 1.25. The maximum absolute atomic E-state index is 2.17. The lowest BCUT2D eigenvalue weighted by molar-refractivity contribution is 1.09. The van der Waals surface area contributed by atoms with E-state index in [0.29, 0.717) is 0 Å². The van der Waals surface area contributed by atoms with Crippen LogP contribution in [0.1, 0.15) is 62.8 Å². The van der Waals surface area contributed by atoms with Crippen LogP contribution in [0.3, 0.4) is 0 Å². The monoisotopic (exact) mass is 300 g/mol. The lowest BCUT2D eigenvalue weighted by Crippen LogP contribution is -1.74. The van der Waals surface area contributed by atoms with E-state index in [1.165, 1.54) is 35.1 Å². The van der Waals surface area contributed by atoms with E-state index in [1.54, 1.807) is 0 Å². The van der Waals surface area contributed by atoms with Crippen molar-refractivity contribution in [3.63, 3.8) is 0 Å². The molecule has 0 aliphatic rings. The second kappa shape index (κ2) is 15.8. The Morgan fingerprint density at radius 3 is 1.05 bits per heavy atom. The van der Waals surface area contributed by atoms with Gasteiger partial charge in [0.15, 0.2) is 0 Å². The SMILES string of the molecule is CCC.CCC.Cc1cccc(C)c1.Cc1ccccc1C. The van der Waals surface area contributed by atoms with Gasteiger partial charge in [-0.3, -0.25) is 0 Å². The zero-order valence-corrected chi connectivity index (χ0v) is 16.0. The third kappa shape index (κ3) is 14.8. The molecule has 2 rings (SSSR count). The highest BCUT2D eigenvalue weighted by Gasteiger charge is 1.84. The lowest BCUT2D eigenvalue weighted by Gasteiger charge is -1.93. The second-order valence-electron chi connectivity index (χ2n) is 5.66. The first-order valence-corrected chi connectivity index (χ1v) is 8.48. The fourth-order valence-electron chi connectivity index (χ4n) is 1.47. The quantitative estimate of drug-likeness (QED) is 0.474. The molecule has 2 aromatic rings. The molecule has 0 N–H and O–H groups in total. The van der Waals surface area contributed by atoms with E-state index >= 15 is 0 Å². The number of hydrogen-bond acceptors (Lipinski definition) is 0. The molecule has 0 spiro atoms. The summed E-state index contributed by atoms with van der Waals surface area (Å²) in [5.74, 6) is 0. The average molecular weight is 301 g/mol. The van der Waals surface area contributed by atoms with Crippen LogP contribution >= 0.6 is 0 Å². The summed E-state index contributed by atoms with van der Waals surface area (Å²) in [6.45, 7) is 16.9. The Hall–Kier alpha value is -1.56. The Labute approximate surface area is 139 Å². The standard InChI is InChI=1S/2C8H10.2C3H8/c1-7-4-3-5-8(2)6-7;1-7-5-3-4-6-8(7)2;2*1-3-2/h2*3-6H,1-2H3;2*3H2,1-2H3. The highest BCUT2D eigenvalue weighted by atomic mass is 13.9. The molecule has 0 aromatic heterocycles. The zero-order chi connectivity index (χ0) is 17.4. The van der Waals surface area contributed by atoms with E-state index < -0.39 is 0 Å². The summed E-state index contributed by atoms with van der Waals surface area (Å²) in [6, 6.07) is 16.8. The summed E-state index contributed by atoms with van der Waals surface area (Å²) < 4.78 is 0. The summed E-state index contributed by atoms with van der Waals surface area (Å²) in [6.07, 6.45) is 2.50. The van der Waals surface area contributed by atoms with Crippen LogP contribution in [-0.4, -0.2) is 0 Å². The van der Waals surface area contributed by atoms with Crippen LogP contribution in [0.4, 0.5) is 0 Å². The van der Waals surface area contributed by atoms with Gasteiger partial charge in [-0.25, -0.2) is 0 Å². The van der Waals surface area contributed by atoms with E-state index in [4.69, 9.17) is 0 Å². The van der Waals surface area contributed by atoms with Crippen molar-refractivity contribution in [1.82, 2.24) is 0 Å². The fraction of sp³-hybridized carbons (Fsp3) is 0.455. The third-order valence-corrected chi connectivity index (χ3v) is 2.60. The van der Waals surface area contributed by atoms with Crippen molar-refractivity contribution < 1.29 is 0 Å². The van der Waals surface area contributed by atoms with Gasteiger partial charge >= 0.3 is 0 Å². The summed E-state index contributed by atoms with van der Waals surface area (Å²) in [4.78, 5) is 0. The van der Waals surface area contributed by atoms with Gasteiger partial charge in [0.1, 0.15) is 0 Å². The Balaban J connectivity index is 0.